The summed E-state index contributed by atoms with van der Waals surface area (Å²) in [5, 5.41) is 2.90. The van der Waals surface area contributed by atoms with E-state index < -0.39 is 5.60 Å². The van der Waals surface area contributed by atoms with Crippen molar-refractivity contribution in [2.75, 3.05) is 0 Å². The van der Waals surface area contributed by atoms with Gasteiger partial charge in [-0.2, -0.15) is 0 Å². The van der Waals surface area contributed by atoms with Crippen molar-refractivity contribution in [2.24, 2.45) is 0 Å². The molecule has 92 valence electrons. The molecule has 1 aliphatic carbocycles. The second-order valence-corrected chi connectivity index (χ2v) is 5.51. The molecule has 1 aromatic rings. The Hall–Kier alpha value is -1.51. The molecule has 17 heavy (non-hydrogen) atoms. The molecule has 2 rings (SSSR count). The highest BCUT2D eigenvalue weighted by atomic mass is 16.6. The maximum absolute atomic E-state index is 11.6. The van der Waals surface area contributed by atoms with Crippen LogP contribution in [0.4, 0.5) is 4.79 Å². The molecule has 0 heterocycles. The van der Waals surface area contributed by atoms with Gasteiger partial charge in [0, 0.05) is 12.0 Å². The average molecular weight is 233 g/mol. The normalized spacial score (nSPS) is 23.0. The third-order valence-corrected chi connectivity index (χ3v) is 2.72. The number of nitrogens with one attached hydrogen (secondary N) is 1. The molecule has 3 heteroatoms. The smallest absolute Gasteiger partial charge is 0.407 e. The first-order valence-corrected chi connectivity index (χ1v) is 6.00. The molecule has 0 saturated heterocycles. The van der Waals surface area contributed by atoms with Gasteiger partial charge in [-0.3, -0.25) is 0 Å². The third-order valence-electron chi connectivity index (χ3n) is 2.72. The lowest BCUT2D eigenvalue weighted by molar-refractivity contribution is 0.0523. The summed E-state index contributed by atoms with van der Waals surface area (Å²) < 4.78 is 5.22. The lowest BCUT2D eigenvalue weighted by atomic mass is 10.1. The van der Waals surface area contributed by atoms with Gasteiger partial charge in [0.25, 0.3) is 0 Å². The van der Waals surface area contributed by atoms with Gasteiger partial charge in [0.1, 0.15) is 5.60 Å². The summed E-state index contributed by atoms with van der Waals surface area (Å²) >= 11 is 0. The Morgan fingerprint density at radius 2 is 1.94 bits per heavy atom. The Kier molecular flexibility index (Phi) is 3.09. The molecule has 0 radical (unpaired) electrons. The topological polar surface area (TPSA) is 38.3 Å². The van der Waals surface area contributed by atoms with Gasteiger partial charge in [0.2, 0.25) is 0 Å². The number of hydrogen-bond donors (Lipinski definition) is 1. The zero-order valence-electron chi connectivity index (χ0n) is 10.6. The van der Waals surface area contributed by atoms with Crippen LogP contribution in [0.3, 0.4) is 0 Å². The monoisotopic (exact) mass is 233 g/mol. The molecular formula is C14H19NO2. The fraction of sp³-hybridized carbons (Fsp3) is 0.500. The molecule has 1 aliphatic rings. The second-order valence-electron chi connectivity index (χ2n) is 5.51. The molecule has 0 aliphatic heterocycles. The number of rotatable bonds is 2. The Morgan fingerprint density at radius 1 is 1.29 bits per heavy atom. The van der Waals surface area contributed by atoms with Crippen LogP contribution in [-0.2, 0) is 4.74 Å². The number of amides is 1. The molecule has 3 nitrogen and oxygen atoms in total. The predicted molar refractivity (Wildman–Crippen MR) is 67.0 cm³/mol. The van der Waals surface area contributed by atoms with Crippen molar-refractivity contribution in [1.29, 1.82) is 0 Å². The van der Waals surface area contributed by atoms with Crippen molar-refractivity contribution in [1.82, 2.24) is 5.32 Å². The van der Waals surface area contributed by atoms with Crippen LogP contribution in [0.5, 0.6) is 0 Å². The van der Waals surface area contributed by atoms with Gasteiger partial charge in [-0.25, -0.2) is 4.79 Å². The van der Waals surface area contributed by atoms with Gasteiger partial charge >= 0.3 is 6.09 Å². The summed E-state index contributed by atoms with van der Waals surface area (Å²) in [6, 6.07) is 10.5. The standard InChI is InChI=1S/C14H19NO2/c1-14(2,3)17-13(16)15-12-9-11(12)10-7-5-4-6-8-10/h4-8,11-12H,9H2,1-3H3,(H,15,16)/t11-,12-/m1/s1. The highest BCUT2D eigenvalue weighted by Gasteiger charge is 2.40. The van der Waals surface area contributed by atoms with Gasteiger partial charge in [-0.1, -0.05) is 30.3 Å². The molecule has 0 spiro atoms. The molecule has 0 aromatic heterocycles. The maximum atomic E-state index is 11.6. The lowest BCUT2D eigenvalue weighted by Crippen LogP contribution is -2.34. The summed E-state index contributed by atoms with van der Waals surface area (Å²) in [6.45, 7) is 5.61. The highest BCUT2D eigenvalue weighted by molar-refractivity contribution is 5.69. The molecule has 1 saturated carbocycles. The quantitative estimate of drug-likeness (QED) is 0.852. The Balaban J connectivity index is 1.83. The minimum absolute atomic E-state index is 0.229. The Bertz CT molecular complexity index is 394. The fourth-order valence-electron chi connectivity index (χ4n) is 1.88. The van der Waals surface area contributed by atoms with Crippen molar-refractivity contribution in [2.45, 2.75) is 44.8 Å². The highest BCUT2D eigenvalue weighted by Crippen LogP contribution is 2.40. The van der Waals surface area contributed by atoms with Crippen molar-refractivity contribution in [3.8, 4) is 0 Å². The first-order valence-electron chi connectivity index (χ1n) is 6.00. The van der Waals surface area contributed by atoms with Crippen LogP contribution in [0.2, 0.25) is 0 Å². The van der Waals surface area contributed by atoms with Gasteiger partial charge in [0.15, 0.2) is 0 Å². The molecule has 0 unspecified atom stereocenters. The van der Waals surface area contributed by atoms with Gasteiger partial charge in [-0.15, -0.1) is 0 Å². The number of carbonyl (C=O) groups excluding carboxylic acids is 1. The molecule has 1 N–H and O–H groups in total. The lowest BCUT2D eigenvalue weighted by Gasteiger charge is -2.19. The van der Waals surface area contributed by atoms with Gasteiger partial charge in [0.05, 0.1) is 0 Å². The molecule has 2 atom stereocenters. The second kappa shape index (κ2) is 4.40. The molecular weight excluding hydrogens is 214 g/mol. The number of benzene rings is 1. The summed E-state index contributed by atoms with van der Waals surface area (Å²) in [4.78, 5) is 11.6. The summed E-state index contributed by atoms with van der Waals surface area (Å²) in [6.07, 6.45) is 0.685. The SMILES string of the molecule is CC(C)(C)OC(=O)N[C@@H]1C[C@@H]1c1ccccc1. The van der Waals surface area contributed by atoms with Crippen LogP contribution in [0, 0.1) is 0 Å². The van der Waals surface area contributed by atoms with Gasteiger partial charge < -0.3 is 10.1 Å². The Morgan fingerprint density at radius 3 is 2.53 bits per heavy atom. The zero-order valence-corrected chi connectivity index (χ0v) is 10.6. The van der Waals surface area contributed by atoms with E-state index in [1.807, 2.05) is 39.0 Å². The van der Waals surface area contributed by atoms with Crippen LogP contribution >= 0.6 is 0 Å². The third kappa shape index (κ3) is 3.48. The largest absolute Gasteiger partial charge is 0.444 e. The maximum Gasteiger partial charge on any atom is 0.407 e. The summed E-state index contributed by atoms with van der Waals surface area (Å²) in [5.74, 6) is 0.448. The van der Waals surface area contributed by atoms with E-state index in [1.54, 1.807) is 0 Å². The van der Waals surface area contributed by atoms with E-state index in [4.69, 9.17) is 4.74 Å². The molecule has 1 amide bonds. The van der Waals surface area contributed by atoms with E-state index in [1.165, 1.54) is 5.56 Å². The fourth-order valence-corrected chi connectivity index (χ4v) is 1.88. The van der Waals surface area contributed by atoms with Crippen molar-refractivity contribution in [3.63, 3.8) is 0 Å². The van der Waals surface area contributed by atoms with Crippen LogP contribution in [-0.4, -0.2) is 17.7 Å². The zero-order chi connectivity index (χ0) is 12.5. The number of alkyl carbamates (subject to hydrolysis) is 1. The van der Waals surface area contributed by atoms with Crippen molar-refractivity contribution < 1.29 is 9.53 Å². The van der Waals surface area contributed by atoms with E-state index >= 15 is 0 Å². The van der Waals surface area contributed by atoms with E-state index in [0.29, 0.717) is 5.92 Å². The van der Waals surface area contributed by atoms with E-state index in [-0.39, 0.29) is 12.1 Å². The summed E-state index contributed by atoms with van der Waals surface area (Å²) in [7, 11) is 0. The number of hydrogen-bond acceptors (Lipinski definition) is 2. The average Bonchev–Trinajstić information content (AvgIpc) is 2.95. The first-order chi connectivity index (χ1) is 7.96. The van der Waals surface area contributed by atoms with E-state index in [9.17, 15) is 4.79 Å². The van der Waals surface area contributed by atoms with Crippen LogP contribution in [0.25, 0.3) is 0 Å². The van der Waals surface area contributed by atoms with Crippen molar-refractivity contribution >= 4 is 6.09 Å². The van der Waals surface area contributed by atoms with Gasteiger partial charge in [-0.05, 0) is 32.8 Å². The van der Waals surface area contributed by atoms with Crippen LogP contribution in [0.1, 0.15) is 38.7 Å². The minimum Gasteiger partial charge on any atom is -0.444 e. The molecule has 1 aromatic carbocycles. The summed E-state index contributed by atoms with van der Waals surface area (Å²) in [5.41, 5.74) is 0.856. The molecule has 0 bridgehead atoms. The van der Waals surface area contributed by atoms with Crippen LogP contribution < -0.4 is 5.32 Å². The van der Waals surface area contributed by atoms with E-state index in [0.717, 1.165) is 6.42 Å². The number of carbonyl (C=O) groups is 1. The van der Waals surface area contributed by atoms with Crippen molar-refractivity contribution in [3.05, 3.63) is 35.9 Å². The van der Waals surface area contributed by atoms with E-state index in [2.05, 4.69) is 17.4 Å². The van der Waals surface area contributed by atoms with Crippen LogP contribution in [0.15, 0.2) is 30.3 Å². The first kappa shape index (κ1) is 12.0. The molecule has 1 fully saturated rings. The predicted octanol–water partition coefficient (Wildman–Crippen LogP) is 3.07. The minimum atomic E-state index is -0.429. The number of ether oxygens (including phenoxy) is 1. The Labute approximate surface area is 102 Å².